The van der Waals surface area contributed by atoms with Crippen molar-refractivity contribution in [2.45, 2.75) is 26.1 Å². The van der Waals surface area contributed by atoms with E-state index in [4.69, 9.17) is 9.72 Å². The zero-order chi connectivity index (χ0) is 16.7. The summed E-state index contributed by atoms with van der Waals surface area (Å²) in [6.07, 6.45) is 4.27. The quantitative estimate of drug-likeness (QED) is 0.623. The van der Waals surface area contributed by atoms with Crippen molar-refractivity contribution in [1.29, 1.82) is 0 Å². The molecule has 1 saturated heterocycles. The number of ether oxygens (including phenoxy) is 1. The van der Waals surface area contributed by atoms with E-state index < -0.39 is 0 Å². The Bertz CT molecular complexity index is 851. The molecule has 4 rings (SSSR count). The van der Waals surface area contributed by atoms with Crippen LogP contribution in [0, 0.1) is 3.57 Å². The lowest BCUT2D eigenvalue weighted by Crippen LogP contribution is -2.45. The van der Waals surface area contributed by atoms with Gasteiger partial charge in [-0.05, 0) is 48.6 Å². The third-order valence-electron chi connectivity index (χ3n) is 4.28. The summed E-state index contributed by atoms with van der Waals surface area (Å²) in [7, 11) is 0. The molecular weight excluding hydrogens is 415 g/mol. The second kappa shape index (κ2) is 6.33. The third kappa shape index (κ3) is 3.00. The van der Waals surface area contributed by atoms with Crippen molar-refractivity contribution in [3.63, 3.8) is 0 Å². The number of halogens is 1. The van der Waals surface area contributed by atoms with Crippen LogP contribution in [0.2, 0.25) is 0 Å². The maximum absolute atomic E-state index is 5.81. The van der Waals surface area contributed by atoms with Crippen molar-refractivity contribution >= 4 is 39.4 Å². The van der Waals surface area contributed by atoms with E-state index in [0.29, 0.717) is 0 Å². The lowest BCUT2D eigenvalue weighted by molar-refractivity contribution is -0.00521. The Morgan fingerprint density at radius 3 is 2.58 bits per heavy atom. The summed E-state index contributed by atoms with van der Waals surface area (Å²) in [6.45, 7) is 6.11. The molecule has 24 heavy (non-hydrogen) atoms. The molecular formula is C18H19IN4O. The molecule has 0 aliphatic carbocycles. The van der Waals surface area contributed by atoms with Crippen molar-refractivity contribution in [3.8, 4) is 11.3 Å². The molecule has 0 unspecified atom stereocenters. The first kappa shape index (κ1) is 15.8. The normalized spacial score (nSPS) is 21.4. The molecule has 0 amide bonds. The molecule has 1 aliphatic heterocycles. The van der Waals surface area contributed by atoms with Crippen LogP contribution in [0.15, 0.2) is 36.7 Å². The van der Waals surface area contributed by atoms with E-state index in [2.05, 4.69) is 75.6 Å². The summed E-state index contributed by atoms with van der Waals surface area (Å²) in [5.41, 5.74) is 4.96. The van der Waals surface area contributed by atoms with E-state index in [9.17, 15) is 0 Å². The number of nitrogens with zero attached hydrogens (tertiary/aromatic N) is 3. The van der Waals surface area contributed by atoms with Gasteiger partial charge in [-0.2, -0.15) is 0 Å². The zero-order valence-electron chi connectivity index (χ0n) is 13.7. The maximum Gasteiger partial charge on any atom is 0.157 e. The van der Waals surface area contributed by atoms with Gasteiger partial charge in [0, 0.05) is 30.5 Å². The molecule has 0 radical (unpaired) electrons. The van der Waals surface area contributed by atoms with Crippen LogP contribution < -0.4 is 4.90 Å². The van der Waals surface area contributed by atoms with E-state index in [1.165, 1.54) is 5.69 Å². The van der Waals surface area contributed by atoms with Crippen molar-refractivity contribution in [3.05, 3.63) is 40.2 Å². The van der Waals surface area contributed by atoms with Crippen LogP contribution in [0.3, 0.4) is 0 Å². The summed E-state index contributed by atoms with van der Waals surface area (Å²) >= 11 is 2.28. The Morgan fingerprint density at radius 2 is 1.88 bits per heavy atom. The smallest absolute Gasteiger partial charge is 0.157 e. The SMILES string of the molecule is C[C@@H]1CN(c2ccc(-c3cnc4[nH]cc(I)c4n3)cc2)C[C@H](C)O1. The Kier molecular flexibility index (Phi) is 4.17. The molecule has 5 nitrogen and oxygen atoms in total. The molecule has 6 heteroatoms. The molecule has 3 heterocycles. The first-order valence-corrected chi connectivity index (χ1v) is 9.18. The number of aromatic nitrogens is 3. The summed E-state index contributed by atoms with van der Waals surface area (Å²) < 4.78 is 6.90. The highest BCUT2D eigenvalue weighted by Crippen LogP contribution is 2.26. The molecule has 3 aromatic rings. The maximum atomic E-state index is 5.81. The number of hydrogen-bond donors (Lipinski definition) is 1. The molecule has 124 valence electrons. The van der Waals surface area contributed by atoms with Gasteiger partial charge in [0.05, 0.1) is 27.7 Å². The van der Waals surface area contributed by atoms with Gasteiger partial charge in [-0.3, -0.25) is 0 Å². The van der Waals surface area contributed by atoms with Gasteiger partial charge in [0.2, 0.25) is 0 Å². The van der Waals surface area contributed by atoms with E-state index in [1.807, 2.05) is 12.4 Å². The minimum absolute atomic E-state index is 0.261. The largest absolute Gasteiger partial charge is 0.372 e. The average molecular weight is 434 g/mol. The van der Waals surface area contributed by atoms with E-state index in [1.54, 1.807) is 0 Å². The van der Waals surface area contributed by atoms with Crippen molar-refractivity contribution in [2.75, 3.05) is 18.0 Å². The second-order valence-corrected chi connectivity index (χ2v) is 7.46. The number of nitrogens with one attached hydrogen (secondary N) is 1. The fourth-order valence-electron chi connectivity index (χ4n) is 3.23. The standard InChI is InChI=1S/C18H19IN4O/c1-11-9-23(10-12(2)24-11)14-5-3-13(4-6-14)16-8-21-18-17(22-16)15(19)7-20-18/h3-8,11-12H,9-10H2,1-2H3,(H,20,21)/t11-,12+. The lowest BCUT2D eigenvalue weighted by Gasteiger charge is -2.36. The van der Waals surface area contributed by atoms with Gasteiger partial charge in [0.25, 0.3) is 0 Å². The highest BCUT2D eigenvalue weighted by molar-refractivity contribution is 14.1. The van der Waals surface area contributed by atoms with Gasteiger partial charge >= 0.3 is 0 Å². The number of morpholine rings is 1. The van der Waals surface area contributed by atoms with E-state index in [-0.39, 0.29) is 12.2 Å². The molecule has 0 saturated carbocycles. The van der Waals surface area contributed by atoms with Crippen LogP contribution in [0.5, 0.6) is 0 Å². The van der Waals surface area contributed by atoms with Gasteiger partial charge in [0.1, 0.15) is 5.52 Å². The monoisotopic (exact) mass is 434 g/mol. The number of fused-ring (bicyclic) bond motifs is 1. The number of H-pyrrole nitrogens is 1. The van der Waals surface area contributed by atoms with Crippen LogP contribution in [0.4, 0.5) is 5.69 Å². The minimum Gasteiger partial charge on any atom is -0.372 e. The first-order chi connectivity index (χ1) is 11.6. The highest BCUT2D eigenvalue weighted by Gasteiger charge is 2.22. The van der Waals surface area contributed by atoms with Crippen molar-refractivity contribution < 1.29 is 4.74 Å². The predicted octanol–water partition coefficient (Wildman–Crippen LogP) is 3.84. The molecule has 0 spiro atoms. The molecule has 0 bridgehead atoms. The average Bonchev–Trinajstić information content (AvgIpc) is 2.95. The number of anilines is 1. The van der Waals surface area contributed by atoms with Gasteiger partial charge in [-0.1, -0.05) is 12.1 Å². The summed E-state index contributed by atoms with van der Waals surface area (Å²) in [5, 5.41) is 0. The number of aromatic amines is 1. The molecule has 2 aromatic heterocycles. The van der Waals surface area contributed by atoms with Crippen LogP contribution in [-0.2, 0) is 4.74 Å². The van der Waals surface area contributed by atoms with Crippen molar-refractivity contribution in [2.24, 2.45) is 0 Å². The Balaban J connectivity index is 1.61. The molecule has 1 aliphatic rings. The van der Waals surface area contributed by atoms with Crippen molar-refractivity contribution in [1.82, 2.24) is 15.0 Å². The molecule has 1 aromatic carbocycles. The number of rotatable bonds is 2. The van der Waals surface area contributed by atoms with Gasteiger partial charge in [-0.25, -0.2) is 9.97 Å². The van der Waals surface area contributed by atoms with Crippen LogP contribution >= 0.6 is 22.6 Å². The van der Waals surface area contributed by atoms with Gasteiger partial charge in [-0.15, -0.1) is 0 Å². The highest BCUT2D eigenvalue weighted by atomic mass is 127. The summed E-state index contributed by atoms with van der Waals surface area (Å²) in [4.78, 5) is 14.7. The summed E-state index contributed by atoms with van der Waals surface area (Å²) in [5.74, 6) is 0. The first-order valence-electron chi connectivity index (χ1n) is 8.10. The second-order valence-electron chi connectivity index (χ2n) is 6.30. The Hall–Kier alpha value is -1.67. The minimum atomic E-state index is 0.261. The van der Waals surface area contributed by atoms with E-state index in [0.717, 1.165) is 39.1 Å². The molecule has 1 N–H and O–H groups in total. The third-order valence-corrected chi connectivity index (χ3v) is 5.10. The Morgan fingerprint density at radius 1 is 1.17 bits per heavy atom. The predicted molar refractivity (Wildman–Crippen MR) is 104 cm³/mol. The lowest BCUT2D eigenvalue weighted by atomic mass is 10.1. The van der Waals surface area contributed by atoms with Gasteiger partial charge in [0.15, 0.2) is 5.65 Å². The molecule has 2 atom stereocenters. The number of benzene rings is 1. The summed E-state index contributed by atoms with van der Waals surface area (Å²) in [6, 6.07) is 8.56. The fourth-order valence-corrected chi connectivity index (χ4v) is 3.76. The number of hydrogen-bond acceptors (Lipinski definition) is 4. The molecule has 1 fully saturated rings. The van der Waals surface area contributed by atoms with Gasteiger partial charge < -0.3 is 14.6 Å². The van der Waals surface area contributed by atoms with Crippen LogP contribution in [0.25, 0.3) is 22.4 Å². The topological polar surface area (TPSA) is 54.0 Å². The van der Waals surface area contributed by atoms with Crippen LogP contribution in [-0.4, -0.2) is 40.2 Å². The van der Waals surface area contributed by atoms with Crippen LogP contribution in [0.1, 0.15) is 13.8 Å². The zero-order valence-corrected chi connectivity index (χ0v) is 15.8. The fraction of sp³-hybridized carbons (Fsp3) is 0.333. The van der Waals surface area contributed by atoms with E-state index >= 15 is 0 Å². The Labute approximate surface area is 154 Å².